The molecule has 5 nitrogen and oxygen atoms in total. The summed E-state index contributed by atoms with van der Waals surface area (Å²) >= 11 is 4.64. The largest absolute Gasteiger partial charge is 2.00 e. The summed E-state index contributed by atoms with van der Waals surface area (Å²) in [5.74, 6) is 0. The van der Waals surface area contributed by atoms with Crippen molar-refractivity contribution in [1.82, 2.24) is 0 Å². The Kier molecular flexibility index (Phi) is 22.5. The number of rotatable bonds is 2. The Morgan fingerprint density at radius 1 is 1.20 bits per heavy atom. The zero-order valence-electron chi connectivity index (χ0n) is 4.74. The molecule has 0 aliphatic heterocycles. The van der Waals surface area contributed by atoms with Crippen molar-refractivity contribution >= 4 is 28.1 Å². The van der Waals surface area contributed by atoms with E-state index in [4.69, 9.17) is 0 Å². The normalized spacial score (nSPS) is 13.6. The van der Waals surface area contributed by atoms with Crippen LogP contribution in [0.25, 0.3) is 0 Å². The van der Waals surface area contributed by atoms with Crippen LogP contribution in [0.1, 0.15) is 0 Å². The van der Waals surface area contributed by atoms with Gasteiger partial charge in [-0.2, -0.15) is 0 Å². The van der Waals surface area contributed by atoms with Crippen molar-refractivity contribution in [3.63, 3.8) is 0 Å². The monoisotopic (exact) mass is 389 g/mol. The van der Waals surface area contributed by atoms with Gasteiger partial charge in [0.2, 0.25) is 0 Å². The predicted octanol–water partition coefficient (Wildman–Crippen LogP) is -0.645. The van der Waals surface area contributed by atoms with Gasteiger partial charge in [-0.15, -0.1) is 11.6 Å². The van der Waals surface area contributed by atoms with Crippen LogP contribution in [-0.4, -0.2) is 6.38 Å². The maximum atomic E-state index is 9.29. The average molecular weight is 390 g/mol. The fourth-order valence-corrected chi connectivity index (χ4v) is 0.612. The van der Waals surface area contributed by atoms with Crippen LogP contribution in [-0.2, 0) is 34.5 Å². The third-order valence-electron chi connectivity index (χ3n) is 0.167. The third-order valence-corrected chi connectivity index (χ3v) is 1.50. The van der Waals surface area contributed by atoms with E-state index in [0.29, 0.717) is 0 Å². The predicted molar refractivity (Wildman–Crippen MR) is 30.9 cm³/mol. The summed E-state index contributed by atoms with van der Waals surface area (Å²) < 4.78 is 21.8. The van der Waals surface area contributed by atoms with Gasteiger partial charge < -0.3 is 18.9 Å². The van der Waals surface area contributed by atoms with Crippen LogP contribution in [0.3, 0.4) is 0 Å². The first-order valence-corrected chi connectivity index (χ1v) is 4.81. The van der Waals surface area contributed by atoms with E-state index in [1.807, 2.05) is 0 Å². The molecule has 2 atom stereocenters. The minimum absolute atomic E-state index is 0. The Balaban J connectivity index is -0.000000149. The Hall–Kier alpha value is 1.32. The van der Waals surface area contributed by atoms with E-state index < -0.39 is 16.5 Å². The van der Waals surface area contributed by atoms with E-state index in [0.717, 1.165) is 0 Å². The molecule has 0 bridgehead atoms. The van der Waals surface area contributed by atoms with Crippen LogP contribution >= 0.6 is 28.1 Å². The van der Waals surface area contributed by atoms with Crippen molar-refractivity contribution < 1.29 is 44.3 Å². The number of hydrogen-bond donors (Lipinski definition) is 0. The van der Waals surface area contributed by atoms with Gasteiger partial charge in [0, 0.05) is 6.38 Å². The standard InChI is InChI=1S/CH3Cl.H4O5P2.Pt/c1-2;1-6(2)5-7(3)4;/h1H3;6-7H,(H,1,2)(H,3,4);/q;;+2/p-2. The second kappa shape index (κ2) is 12.9. The molecule has 0 spiro atoms. The van der Waals surface area contributed by atoms with E-state index in [-0.39, 0.29) is 21.1 Å². The van der Waals surface area contributed by atoms with E-state index in [1.54, 1.807) is 0 Å². The minimum atomic E-state index is -3.51. The maximum absolute atomic E-state index is 9.29. The third kappa shape index (κ3) is 22.8. The fourth-order valence-electron chi connectivity index (χ4n) is 0.0680. The summed E-state index contributed by atoms with van der Waals surface area (Å²) in [6.45, 7) is 0. The molecule has 0 fully saturated rings. The van der Waals surface area contributed by atoms with Gasteiger partial charge in [-0.3, -0.25) is 4.31 Å². The van der Waals surface area contributed by atoms with Crippen LogP contribution in [0.5, 0.6) is 0 Å². The summed E-state index contributed by atoms with van der Waals surface area (Å²) in [7, 11) is -7.03. The van der Waals surface area contributed by atoms with E-state index in [9.17, 15) is 18.9 Å². The quantitative estimate of drug-likeness (QED) is 0.463. The molecule has 0 aromatic carbocycles. The molecule has 0 heterocycles. The number of hydrogen-bond acceptors (Lipinski definition) is 5. The zero-order chi connectivity index (χ0) is 7.86. The number of alkyl halides is 1. The molecule has 0 aromatic rings. The molecule has 0 amide bonds. The first-order chi connectivity index (χ1) is 4.13. The first-order valence-electron chi connectivity index (χ1n) is 1.60. The minimum Gasteiger partial charge on any atom is -0.781 e. The van der Waals surface area contributed by atoms with Gasteiger partial charge in [-0.25, -0.2) is 0 Å². The second-order valence-electron chi connectivity index (χ2n) is 0.602. The van der Waals surface area contributed by atoms with Gasteiger partial charge in [0.05, 0.1) is 0 Å². The molecule has 10 heavy (non-hydrogen) atoms. The Morgan fingerprint density at radius 3 is 1.40 bits per heavy atom. The average Bonchev–Trinajstić information content (AvgIpc) is 1.68. The van der Waals surface area contributed by atoms with Crippen LogP contribution in [0, 0.1) is 0 Å². The summed E-state index contributed by atoms with van der Waals surface area (Å²) in [6.07, 6.45) is 1.47. The Labute approximate surface area is 78.9 Å². The van der Waals surface area contributed by atoms with Crippen LogP contribution < -0.4 is 9.79 Å². The smallest absolute Gasteiger partial charge is 0.781 e. The van der Waals surface area contributed by atoms with Crippen LogP contribution in [0.15, 0.2) is 0 Å². The molecule has 0 rings (SSSR count). The molecule has 0 radical (unpaired) electrons. The van der Waals surface area contributed by atoms with Crippen LogP contribution in [0.2, 0.25) is 0 Å². The summed E-state index contributed by atoms with van der Waals surface area (Å²) in [5.41, 5.74) is 0. The van der Waals surface area contributed by atoms with Gasteiger partial charge in [-0.1, -0.05) is 0 Å². The molecule has 2 unspecified atom stereocenters. The molecule has 66 valence electrons. The summed E-state index contributed by atoms with van der Waals surface area (Å²) in [6, 6.07) is 0. The van der Waals surface area contributed by atoms with Crippen molar-refractivity contribution in [2.75, 3.05) is 6.38 Å². The van der Waals surface area contributed by atoms with Crippen molar-refractivity contribution in [3.05, 3.63) is 0 Å². The van der Waals surface area contributed by atoms with Crippen molar-refractivity contribution in [1.29, 1.82) is 0 Å². The van der Waals surface area contributed by atoms with Gasteiger partial charge in [-0.05, 0) is 0 Å². The number of halogens is 1. The van der Waals surface area contributed by atoms with E-state index in [1.165, 1.54) is 6.38 Å². The zero-order valence-corrected chi connectivity index (χ0v) is 9.76. The van der Waals surface area contributed by atoms with Crippen molar-refractivity contribution in [2.24, 2.45) is 0 Å². The first kappa shape index (κ1) is 17.4. The molecule has 0 saturated carbocycles. The molecule has 0 aromatic heterocycles. The van der Waals surface area contributed by atoms with Gasteiger partial charge in [0.1, 0.15) is 16.5 Å². The van der Waals surface area contributed by atoms with Gasteiger partial charge >= 0.3 is 21.1 Å². The Bertz CT molecular complexity index is 95.8. The van der Waals surface area contributed by atoms with E-state index in [2.05, 4.69) is 15.9 Å². The van der Waals surface area contributed by atoms with Crippen molar-refractivity contribution in [2.45, 2.75) is 0 Å². The summed E-state index contributed by atoms with van der Waals surface area (Å²) in [5, 5.41) is 0. The molecular formula is CH5ClO5P2Pt. The fraction of sp³-hybridized carbons (Fsp3) is 1.00. The molecule has 0 saturated heterocycles. The molecule has 0 aliphatic carbocycles. The second-order valence-corrected chi connectivity index (χ2v) is 2.42. The maximum Gasteiger partial charge on any atom is 2.00 e. The topological polar surface area (TPSA) is 89.5 Å². The van der Waals surface area contributed by atoms with E-state index >= 15 is 0 Å². The molecule has 0 N–H and O–H groups in total. The SMILES string of the molecule is CCl.O=[PH]([O-])O[PH](=O)[O-].[Pt+2]. The molecular weight excluding hydrogens is 384 g/mol. The summed E-state index contributed by atoms with van der Waals surface area (Å²) in [4.78, 5) is 18.6. The van der Waals surface area contributed by atoms with Gasteiger partial charge in [0.25, 0.3) is 0 Å². The van der Waals surface area contributed by atoms with Crippen LogP contribution in [0.4, 0.5) is 0 Å². The van der Waals surface area contributed by atoms with Crippen molar-refractivity contribution in [3.8, 4) is 0 Å². The molecule has 0 aliphatic rings. The van der Waals surface area contributed by atoms with Gasteiger partial charge in [0.15, 0.2) is 0 Å². The molecule has 9 heteroatoms. The Morgan fingerprint density at radius 2 is 1.40 bits per heavy atom.